The van der Waals surface area contributed by atoms with Crippen LogP contribution in [-0.2, 0) is 0 Å². The van der Waals surface area contributed by atoms with Crippen molar-refractivity contribution >= 4 is 75.1 Å². The van der Waals surface area contributed by atoms with Gasteiger partial charge in [0.1, 0.15) is 0 Å². The van der Waals surface area contributed by atoms with E-state index in [4.69, 9.17) is 15.0 Å². The summed E-state index contributed by atoms with van der Waals surface area (Å²) in [4.78, 5) is 16.0. The molecule has 13 aromatic rings. The van der Waals surface area contributed by atoms with Gasteiger partial charge in [0.15, 0.2) is 11.6 Å². The third kappa shape index (κ3) is 5.66. The summed E-state index contributed by atoms with van der Waals surface area (Å²) in [5.74, 6) is 1.85. The van der Waals surface area contributed by atoms with Crippen molar-refractivity contribution in [2.24, 2.45) is 0 Å². The lowest BCUT2D eigenvalue weighted by molar-refractivity contribution is 0.955. The van der Waals surface area contributed by atoms with Crippen LogP contribution in [0.3, 0.4) is 0 Å². The highest BCUT2D eigenvalue weighted by atomic mass is 32.1. The van der Waals surface area contributed by atoms with E-state index in [1.807, 2.05) is 18.2 Å². The van der Waals surface area contributed by atoms with Crippen molar-refractivity contribution in [3.63, 3.8) is 0 Å². The SMILES string of the molecule is c1ccc(-c2ccc(-n3c4ccccc4c4cc5c(cc43)c3ccccc3n5-c3nc(-c4ccccc4)nc(-c4cccc5sc6ccccc6c45)n3)c(-c3ccccc3)c2)cc1. The van der Waals surface area contributed by atoms with E-state index in [1.165, 1.54) is 42.4 Å². The summed E-state index contributed by atoms with van der Waals surface area (Å²) in [6, 6.07) is 75.7. The molecule has 0 unspecified atom stereocenters. The van der Waals surface area contributed by atoms with E-state index in [2.05, 4.69) is 203 Å². The van der Waals surface area contributed by atoms with Gasteiger partial charge in [-0.1, -0.05) is 164 Å². The van der Waals surface area contributed by atoms with E-state index in [9.17, 15) is 0 Å². The summed E-state index contributed by atoms with van der Waals surface area (Å²) in [6.07, 6.45) is 0. The predicted octanol–water partition coefficient (Wildman–Crippen LogP) is 15.1. The van der Waals surface area contributed by atoms with Crippen molar-refractivity contribution in [2.75, 3.05) is 0 Å². The highest BCUT2D eigenvalue weighted by molar-refractivity contribution is 7.25. The molecule has 0 saturated heterocycles. The summed E-state index contributed by atoms with van der Waals surface area (Å²) in [5.41, 5.74) is 12.1. The van der Waals surface area contributed by atoms with Crippen molar-refractivity contribution in [3.8, 4) is 56.7 Å². The second kappa shape index (κ2) is 14.2. The molecule has 0 saturated carbocycles. The fourth-order valence-electron chi connectivity index (χ4n) is 9.56. The van der Waals surface area contributed by atoms with Crippen LogP contribution in [0.5, 0.6) is 0 Å². The smallest absolute Gasteiger partial charge is 0.238 e. The zero-order valence-electron chi connectivity index (χ0n) is 33.9. The van der Waals surface area contributed by atoms with Gasteiger partial charge in [-0.3, -0.25) is 4.57 Å². The summed E-state index contributed by atoms with van der Waals surface area (Å²) < 4.78 is 7.14. The zero-order chi connectivity index (χ0) is 41.4. The van der Waals surface area contributed by atoms with Crippen LogP contribution < -0.4 is 0 Å². The molecule has 4 aromatic heterocycles. The van der Waals surface area contributed by atoms with Crippen molar-refractivity contribution in [1.29, 1.82) is 0 Å². The lowest BCUT2D eigenvalue weighted by Gasteiger charge is -2.16. The van der Waals surface area contributed by atoms with Gasteiger partial charge in [-0.05, 0) is 65.2 Å². The molecule has 294 valence electrons. The number of hydrogen-bond acceptors (Lipinski definition) is 4. The molecule has 0 aliphatic heterocycles. The number of fused-ring (bicyclic) bond motifs is 9. The van der Waals surface area contributed by atoms with Gasteiger partial charge in [-0.15, -0.1) is 11.3 Å². The van der Waals surface area contributed by atoms with Crippen LogP contribution in [0.25, 0.3) is 120 Å². The fourth-order valence-corrected chi connectivity index (χ4v) is 10.7. The van der Waals surface area contributed by atoms with Gasteiger partial charge >= 0.3 is 0 Å². The average molecular weight is 822 g/mol. The minimum atomic E-state index is 0.576. The van der Waals surface area contributed by atoms with Gasteiger partial charge in [0.25, 0.3) is 0 Å². The second-order valence-electron chi connectivity index (χ2n) is 16.0. The molecule has 0 atom stereocenters. The standard InChI is InChI=1S/C57H35N5S/c1-4-17-36(18-5-1)39-31-32-49(44(33-39)37-19-6-2-7-20-37)61-47-27-13-10-23-40(47)45-35-51-46(34-50(45)61)41-24-11-14-28-48(41)62(51)57-59-55(38-21-8-3-9-22-38)58-56(60-57)43-26-16-30-53-54(43)42-25-12-15-29-52(42)63-53/h1-35H. The lowest BCUT2D eigenvalue weighted by atomic mass is 9.97. The average Bonchev–Trinajstić information content (AvgIpc) is 4.01. The van der Waals surface area contributed by atoms with Crippen LogP contribution in [0, 0.1) is 0 Å². The normalized spacial score (nSPS) is 11.8. The van der Waals surface area contributed by atoms with Crippen LogP contribution in [0.1, 0.15) is 0 Å². The first-order valence-electron chi connectivity index (χ1n) is 21.2. The van der Waals surface area contributed by atoms with Crippen LogP contribution in [-0.4, -0.2) is 24.1 Å². The van der Waals surface area contributed by atoms with Crippen molar-refractivity contribution in [2.45, 2.75) is 0 Å². The Hall–Kier alpha value is -8.19. The van der Waals surface area contributed by atoms with Crippen molar-refractivity contribution < 1.29 is 0 Å². The molecule has 0 bridgehead atoms. The van der Waals surface area contributed by atoms with Crippen LogP contribution in [0.2, 0.25) is 0 Å². The summed E-state index contributed by atoms with van der Waals surface area (Å²) in [6.45, 7) is 0. The van der Waals surface area contributed by atoms with Crippen molar-refractivity contribution in [3.05, 3.63) is 212 Å². The summed E-state index contributed by atoms with van der Waals surface area (Å²) >= 11 is 1.80. The molecule has 0 N–H and O–H groups in total. The number of para-hydroxylation sites is 2. The first-order chi connectivity index (χ1) is 31.2. The molecule has 5 nitrogen and oxygen atoms in total. The van der Waals surface area contributed by atoms with Gasteiger partial charge in [-0.25, -0.2) is 4.98 Å². The minimum absolute atomic E-state index is 0.576. The van der Waals surface area contributed by atoms with Gasteiger partial charge in [0, 0.05) is 58.4 Å². The minimum Gasteiger partial charge on any atom is -0.309 e. The third-order valence-corrected chi connectivity index (χ3v) is 13.5. The lowest BCUT2D eigenvalue weighted by Crippen LogP contribution is -2.06. The number of hydrogen-bond donors (Lipinski definition) is 0. The molecule has 0 aliphatic rings. The molecule has 0 amide bonds. The molecule has 6 heteroatoms. The Morgan fingerprint density at radius 3 is 1.59 bits per heavy atom. The first-order valence-corrected chi connectivity index (χ1v) is 22.0. The van der Waals surface area contributed by atoms with Crippen molar-refractivity contribution in [1.82, 2.24) is 24.1 Å². The number of thiophene rings is 1. The molecule has 0 radical (unpaired) electrons. The predicted molar refractivity (Wildman–Crippen MR) is 263 cm³/mol. The maximum Gasteiger partial charge on any atom is 0.238 e. The highest BCUT2D eigenvalue weighted by Crippen LogP contribution is 2.43. The Bertz CT molecular complexity index is 3900. The van der Waals surface area contributed by atoms with Gasteiger partial charge in [-0.2, -0.15) is 9.97 Å². The number of rotatable bonds is 6. The second-order valence-corrected chi connectivity index (χ2v) is 17.1. The molecular formula is C57H35N5S. The Kier molecular flexibility index (Phi) is 8.01. The monoisotopic (exact) mass is 821 g/mol. The van der Waals surface area contributed by atoms with E-state index >= 15 is 0 Å². The van der Waals surface area contributed by atoms with E-state index in [0.29, 0.717) is 17.6 Å². The fraction of sp³-hybridized carbons (Fsp3) is 0. The zero-order valence-corrected chi connectivity index (χ0v) is 34.7. The molecule has 9 aromatic carbocycles. The third-order valence-electron chi connectivity index (χ3n) is 12.4. The quantitative estimate of drug-likeness (QED) is 0.168. The first kappa shape index (κ1) is 35.6. The Morgan fingerprint density at radius 2 is 0.873 bits per heavy atom. The van der Waals surface area contributed by atoms with E-state index < -0.39 is 0 Å². The van der Waals surface area contributed by atoms with E-state index in [1.54, 1.807) is 11.3 Å². The number of nitrogens with zero attached hydrogens (tertiary/aromatic N) is 5. The molecule has 0 aliphatic carbocycles. The van der Waals surface area contributed by atoms with Gasteiger partial charge < -0.3 is 4.57 Å². The highest BCUT2D eigenvalue weighted by Gasteiger charge is 2.23. The topological polar surface area (TPSA) is 48.5 Å². The van der Waals surface area contributed by atoms with Crippen LogP contribution in [0.4, 0.5) is 0 Å². The molecule has 63 heavy (non-hydrogen) atoms. The van der Waals surface area contributed by atoms with Gasteiger partial charge in [0.2, 0.25) is 5.95 Å². The number of aromatic nitrogens is 5. The maximum atomic E-state index is 5.42. The Morgan fingerprint density at radius 1 is 0.317 bits per heavy atom. The Balaban J connectivity index is 1.10. The number of benzene rings is 9. The maximum absolute atomic E-state index is 5.42. The molecular weight excluding hydrogens is 787 g/mol. The molecule has 0 spiro atoms. The largest absolute Gasteiger partial charge is 0.309 e. The molecule has 13 rings (SSSR count). The van der Waals surface area contributed by atoms with Crippen LogP contribution in [0.15, 0.2) is 212 Å². The molecule has 0 fully saturated rings. The Labute approximate surface area is 366 Å². The summed E-state index contributed by atoms with van der Waals surface area (Å²) in [7, 11) is 0. The summed E-state index contributed by atoms with van der Waals surface area (Å²) in [5, 5.41) is 6.95. The van der Waals surface area contributed by atoms with Gasteiger partial charge in [0.05, 0.1) is 27.8 Å². The van der Waals surface area contributed by atoms with E-state index in [0.717, 1.165) is 60.4 Å². The van der Waals surface area contributed by atoms with E-state index in [-0.39, 0.29) is 0 Å². The van der Waals surface area contributed by atoms with Crippen LogP contribution >= 0.6 is 11.3 Å². The molecule has 4 heterocycles.